The smallest absolute Gasteiger partial charge is 0.343 e. The number of allylic oxidation sites excluding steroid dienone is 4. The predicted molar refractivity (Wildman–Crippen MR) is 127 cm³/mol. The Hall–Kier alpha value is -2.36. The van der Waals surface area contributed by atoms with E-state index >= 15 is 0 Å². The average molecular weight is 425 g/mol. The number of carbonyl (C=O) groups is 1. The second-order valence-electron chi connectivity index (χ2n) is 8.32. The Bertz CT molecular complexity index is 959. The van der Waals surface area contributed by atoms with Gasteiger partial charge in [-0.05, 0) is 49.2 Å². The van der Waals surface area contributed by atoms with Crippen LogP contribution >= 0.6 is 11.6 Å². The van der Waals surface area contributed by atoms with E-state index in [1.54, 1.807) is 12.1 Å². The van der Waals surface area contributed by atoms with Crippen molar-refractivity contribution in [1.29, 1.82) is 0 Å². The van der Waals surface area contributed by atoms with Gasteiger partial charge in [-0.1, -0.05) is 85.9 Å². The van der Waals surface area contributed by atoms with E-state index < -0.39 is 14.0 Å². The Morgan fingerprint density at radius 3 is 2.03 bits per heavy atom. The summed E-state index contributed by atoms with van der Waals surface area (Å²) in [4.78, 5) is 12.9. The van der Waals surface area contributed by atoms with Crippen molar-refractivity contribution in [3.05, 3.63) is 99.2 Å². The molecule has 0 aromatic heterocycles. The molecular weight excluding hydrogens is 396 g/mol. The van der Waals surface area contributed by atoms with Gasteiger partial charge in [0.15, 0.2) is 5.76 Å². The van der Waals surface area contributed by atoms with Crippen LogP contribution in [0.1, 0.15) is 34.0 Å². The fraction of sp³-hybridized carbons (Fsp3) is 0.240. The first-order valence-corrected chi connectivity index (χ1v) is 13.5. The van der Waals surface area contributed by atoms with E-state index in [1.165, 1.54) is 0 Å². The van der Waals surface area contributed by atoms with Crippen molar-refractivity contribution in [1.82, 2.24) is 0 Å². The summed E-state index contributed by atoms with van der Waals surface area (Å²) in [5.74, 6) is -0.0160. The fourth-order valence-corrected chi connectivity index (χ4v) is 5.57. The molecule has 2 aromatic rings. The molecule has 2 nitrogen and oxygen atoms in total. The van der Waals surface area contributed by atoms with Gasteiger partial charge in [-0.3, -0.25) is 0 Å². The minimum Gasteiger partial charge on any atom is -0.421 e. The van der Waals surface area contributed by atoms with Crippen molar-refractivity contribution in [2.45, 2.75) is 40.4 Å². The number of esters is 1. The van der Waals surface area contributed by atoms with Gasteiger partial charge >= 0.3 is 5.97 Å². The summed E-state index contributed by atoms with van der Waals surface area (Å²) in [6, 6.07) is 15.0. The average Bonchev–Trinajstić information content (AvgIpc) is 2.64. The van der Waals surface area contributed by atoms with Gasteiger partial charge in [0.05, 0.1) is 18.7 Å². The molecule has 0 heterocycles. The van der Waals surface area contributed by atoms with E-state index in [2.05, 4.69) is 26.2 Å². The van der Waals surface area contributed by atoms with Gasteiger partial charge in [-0.25, -0.2) is 4.79 Å². The van der Waals surface area contributed by atoms with E-state index in [0.717, 1.165) is 27.5 Å². The van der Waals surface area contributed by atoms with Gasteiger partial charge < -0.3 is 4.74 Å². The first kappa shape index (κ1) is 22.9. The molecule has 0 atom stereocenters. The van der Waals surface area contributed by atoms with Crippen LogP contribution in [0.15, 0.2) is 77.0 Å². The summed E-state index contributed by atoms with van der Waals surface area (Å²) in [6.45, 7) is 16.6. The molecule has 0 amide bonds. The molecule has 0 aliphatic heterocycles. The number of ether oxygens (including phenoxy) is 1. The molecule has 0 radical (unpaired) electrons. The minimum atomic E-state index is -1.85. The van der Waals surface area contributed by atoms with Crippen LogP contribution < -0.4 is 0 Å². The predicted octanol–water partition coefficient (Wildman–Crippen LogP) is 7.45. The highest BCUT2D eigenvalue weighted by atomic mass is 35.5. The molecule has 2 aromatic carbocycles. The van der Waals surface area contributed by atoms with Crippen LogP contribution in [0, 0.1) is 13.8 Å². The molecular formula is C25H29ClO2Si. The molecule has 0 fully saturated rings. The summed E-state index contributed by atoms with van der Waals surface area (Å²) in [5, 5.41) is 1.49. The maximum atomic E-state index is 12.9. The Morgan fingerprint density at radius 2 is 1.55 bits per heavy atom. The van der Waals surface area contributed by atoms with Crippen LogP contribution in [0.5, 0.6) is 0 Å². The number of hydrogen-bond donors (Lipinski definition) is 0. The molecule has 152 valence electrons. The molecule has 0 saturated carbocycles. The number of halogens is 1. The second-order valence-corrected chi connectivity index (χ2v) is 13.7. The number of hydrogen-bond acceptors (Lipinski definition) is 2. The van der Waals surface area contributed by atoms with E-state index in [4.69, 9.17) is 16.3 Å². The Morgan fingerprint density at radius 1 is 1.00 bits per heavy atom. The number of benzene rings is 2. The largest absolute Gasteiger partial charge is 0.421 e. The molecule has 0 aliphatic rings. The quantitative estimate of drug-likeness (QED) is 0.208. The number of carbonyl (C=O) groups excluding carboxylic acids is 1. The van der Waals surface area contributed by atoms with Gasteiger partial charge in [-0.2, -0.15) is 0 Å². The van der Waals surface area contributed by atoms with Gasteiger partial charge in [0.25, 0.3) is 0 Å². The van der Waals surface area contributed by atoms with Crippen molar-refractivity contribution in [3.8, 4) is 0 Å². The van der Waals surface area contributed by atoms with E-state index in [0.29, 0.717) is 16.4 Å². The minimum absolute atomic E-state index is 0.408. The molecule has 0 bridgehead atoms. The molecule has 0 unspecified atom stereocenters. The first-order chi connectivity index (χ1) is 13.5. The lowest BCUT2D eigenvalue weighted by atomic mass is 10.0. The van der Waals surface area contributed by atoms with Crippen molar-refractivity contribution >= 4 is 31.4 Å². The highest BCUT2D eigenvalue weighted by Gasteiger charge is 2.28. The van der Waals surface area contributed by atoms with Crippen molar-refractivity contribution < 1.29 is 9.53 Å². The maximum Gasteiger partial charge on any atom is 0.343 e. The van der Waals surface area contributed by atoms with Crippen molar-refractivity contribution in [2.75, 3.05) is 0 Å². The molecule has 0 aliphatic carbocycles. The topological polar surface area (TPSA) is 26.3 Å². The zero-order chi connectivity index (χ0) is 21.8. The lowest BCUT2D eigenvalue weighted by Crippen LogP contribution is -2.25. The lowest BCUT2D eigenvalue weighted by molar-refractivity contribution is 0.0691. The molecule has 0 saturated heterocycles. The van der Waals surface area contributed by atoms with Gasteiger partial charge in [-0.15, -0.1) is 0 Å². The first-order valence-electron chi connectivity index (χ1n) is 9.64. The Kier molecular flexibility index (Phi) is 7.45. The molecule has 29 heavy (non-hydrogen) atoms. The highest BCUT2D eigenvalue weighted by Crippen LogP contribution is 2.36. The van der Waals surface area contributed by atoms with E-state index in [9.17, 15) is 4.79 Å². The molecule has 4 heteroatoms. The second kappa shape index (κ2) is 9.42. The summed E-state index contributed by atoms with van der Waals surface area (Å²) in [6.07, 6.45) is 2.01. The maximum absolute atomic E-state index is 12.9. The molecule has 0 N–H and O–H groups in total. The SMILES string of the molecule is C=C(C)/C=C(/C(Cl)=C(\OC(=O)c1ccccc1)c1c(C)cccc1C)[Si](C)(C)C. The van der Waals surface area contributed by atoms with Crippen molar-refractivity contribution in [3.63, 3.8) is 0 Å². The Labute approximate surface area is 180 Å². The highest BCUT2D eigenvalue weighted by molar-refractivity contribution is 6.85. The molecule has 0 spiro atoms. The van der Waals surface area contributed by atoms with E-state index in [1.807, 2.05) is 63.2 Å². The summed E-state index contributed by atoms with van der Waals surface area (Å²) >= 11 is 6.98. The van der Waals surface area contributed by atoms with Crippen LogP contribution in [0.3, 0.4) is 0 Å². The standard InChI is InChI=1S/C25H29ClO2Si/c1-17(2)16-21(29(5,6)7)23(26)24(22-18(3)12-11-13-19(22)4)28-25(27)20-14-9-8-10-15-20/h8-16H,1H2,2-7H3/b21-16-,24-23+. The van der Waals surface area contributed by atoms with Crippen LogP contribution in [-0.2, 0) is 4.74 Å². The summed E-state index contributed by atoms with van der Waals surface area (Å²) < 4.78 is 5.96. The summed E-state index contributed by atoms with van der Waals surface area (Å²) in [5.41, 5.74) is 4.26. The molecule has 2 rings (SSSR count). The zero-order valence-electron chi connectivity index (χ0n) is 18.1. The lowest BCUT2D eigenvalue weighted by Gasteiger charge is -2.24. The van der Waals surface area contributed by atoms with E-state index in [-0.39, 0.29) is 0 Å². The van der Waals surface area contributed by atoms with Gasteiger partial charge in [0, 0.05) is 5.56 Å². The van der Waals surface area contributed by atoms with Gasteiger partial charge in [0.2, 0.25) is 0 Å². The summed E-state index contributed by atoms with van der Waals surface area (Å²) in [7, 11) is -1.85. The Balaban J connectivity index is 2.74. The third-order valence-electron chi connectivity index (χ3n) is 4.55. The third-order valence-corrected chi connectivity index (χ3v) is 7.09. The number of rotatable bonds is 6. The fourth-order valence-electron chi connectivity index (χ4n) is 3.08. The van der Waals surface area contributed by atoms with Crippen LogP contribution in [-0.4, -0.2) is 14.0 Å². The zero-order valence-corrected chi connectivity index (χ0v) is 19.9. The number of aryl methyl sites for hydroxylation is 2. The van der Waals surface area contributed by atoms with Crippen LogP contribution in [0.2, 0.25) is 19.6 Å². The van der Waals surface area contributed by atoms with Gasteiger partial charge in [0.1, 0.15) is 0 Å². The monoisotopic (exact) mass is 424 g/mol. The van der Waals surface area contributed by atoms with Crippen LogP contribution in [0.4, 0.5) is 0 Å². The third kappa shape index (κ3) is 5.81. The van der Waals surface area contributed by atoms with Crippen molar-refractivity contribution in [2.24, 2.45) is 0 Å². The van der Waals surface area contributed by atoms with Crippen LogP contribution in [0.25, 0.3) is 5.76 Å². The normalized spacial score (nSPS) is 13.0.